The molecule has 1 unspecified atom stereocenters. The third-order valence-electron chi connectivity index (χ3n) is 4.96. The van der Waals surface area contributed by atoms with Crippen molar-refractivity contribution in [3.8, 4) is 0 Å². The zero-order valence-electron chi connectivity index (χ0n) is 16.2. The van der Waals surface area contributed by atoms with Crippen LogP contribution >= 0.6 is 0 Å². The van der Waals surface area contributed by atoms with Gasteiger partial charge in [0, 0.05) is 6.04 Å². The second-order valence-electron chi connectivity index (χ2n) is 8.84. The summed E-state index contributed by atoms with van der Waals surface area (Å²) in [5.74, 6) is 0. The molecule has 1 heterocycles. The molecule has 2 rings (SSSR count). The Balaban J connectivity index is 1.95. The summed E-state index contributed by atoms with van der Waals surface area (Å²) in [6.07, 6.45) is 5.45. The zero-order chi connectivity index (χ0) is 18.2. The number of carbonyl (C=O) groups excluding carboxylic acids is 1. The summed E-state index contributed by atoms with van der Waals surface area (Å²) >= 11 is 0. The molecule has 1 fully saturated rings. The summed E-state index contributed by atoms with van der Waals surface area (Å²) in [5, 5.41) is 2.97. The smallest absolute Gasteiger partial charge is 0.444 e. The Morgan fingerprint density at radius 2 is 1.83 bits per heavy atom. The minimum Gasteiger partial charge on any atom is -0.444 e. The number of ether oxygens (including phenoxy) is 1. The molecule has 0 saturated carbocycles. The van der Waals surface area contributed by atoms with Crippen LogP contribution in [0.2, 0.25) is 0 Å². The van der Waals surface area contributed by atoms with E-state index in [9.17, 15) is 4.79 Å². The van der Waals surface area contributed by atoms with E-state index in [0.29, 0.717) is 0 Å². The van der Waals surface area contributed by atoms with Crippen molar-refractivity contribution in [2.45, 2.75) is 97.0 Å². The Morgan fingerprint density at radius 1 is 1.25 bits per heavy atom. The van der Waals surface area contributed by atoms with Crippen molar-refractivity contribution in [2.75, 3.05) is 0 Å². The van der Waals surface area contributed by atoms with Crippen LogP contribution in [0.25, 0.3) is 0 Å². The highest BCUT2D eigenvalue weighted by Gasteiger charge is 2.52. The molecule has 136 valence electrons. The van der Waals surface area contributed by atoms with Gasteiger partial charge in [-0.3, -0.25) is 0 Å². The molecule has 0 radical (unpaired) electrons. The maximum atomic E-state index is 11.9. The van der Waals surface area contributed by atoms with E-state index >= 15 is 0 Å². The molecule has 0 aromatic carbocycles. The first kappa shape index (κ1) is 19.3. The van der Waals surface area contributed by atoms with Crippen molar-refractivity contribution in [3.63, 3.8) is 0 Å². The highest BCUT2D eigenvalue weighted by Crippen LogP contribution is 2.39. The Kier molecular flexibility index (Phi) is 5.41. The van der Waals surface area contributed by atoms with E-state index in [1.165, 1.54) is 5.47 Å². The van der Waals surface area contributed by atoms with E-state index in [2.05, 4.69) is 39.1 Å². The molecule has 24 heavy (non-hydrogen) atoms. The fraction of sp³-hybridized carbons (Fsp3) is 0.833. The van der Waals surface area contributed by atoms with Gasteiger partial charge in [0.25, 0.3) is 0 Å². The molecule has 1 amide bonds. The van der Waals surface area contributed by atoms with Gasteiger partial charge in [0.15, 0.2) is 0 Å². The molecule has 1 aliphatic carbocycles. The van der Waals surface area contributed by atoms with E-state index in [0.717, 1.165) is 25.7 Å². The number of hydrogen-bond donors (Lipinski definition) is 1. The maximum absolute atomic E-state index is 11.9. The monoisotopic (exact) mass is 337 g/mol. The summed E-state index contributed by atoms with van der Waals surface area (Å²) in [6, 6.07) is 0.0970. The molecule has 2 aliphatic rings. The summed E-state index contributed by atoms with van der Waals surface area (Å²) in [7, 11) is -0.282. The molecule has 1 N–H and O–H groups in total. The number of hydrogen-bond acceptors (Lipinski definition) is 4. The van der Waals surface area contributed by atoms with E-state index < -0.39 is 5.60 Å². The third-order valence-corrected chi connectivity index (χ3v) is 4.96. The highest BCUT2D eigenvalue weighted by atomic mass is 16.7. The first-order valence-corrected chi connectivity index (χ1v) is 8.94. The lowest BCUT2D eigenvalue weighted by atomic mass is 9.75. The molecule has 6 heteroatoms. The van der Waals surface area contributed by atoms with Gasteiger partial charge in [0.05, 0.1) is 11.2 Å². The van der Waals surface area contributed by atoms with Crippen molar-refractivity contribution in [1.82, 2.24) is 5.32 Å². The Morgan fingerprint density at radius 3 is 2.38 bits per heavy atom. The van der Waals surface area contributed by atoms with Crippen molar-refractivity contribution >= 4 is 13.2 Å². The Hall–Kier alpha value is -1.01. The number of nitrogens with one attached hydrogen (secondary N) is 1. The van der Waals surface area contributed by atoms with Crippen LogP contribution in [0.1, 0.15) is 74.1 Å². The van der Waals surface area contributed by atoms with Gasteiger partial charge < -0.3 is 19.4 Å². The third kappa shape index (κ3) is 4.76. The average molecular weight is 337 g/mol. The lowest BCUT2D eigenvalue weighted by molar-refractivity contribution is 0.00578. The molecule has 1 atom stereocenters. The molecule has 0 aromatic rings. The van der Waals surface area contributed by atoms with E-state index in [1.54, 1.807) is 0 Å². The van der Waals surface area contributed by atoms with Gasteiger partial charge in [-0.05, 0) is 79.6 Å². The maximum Gasteiger partial charge on any atom is 0.490 e. The van der Waals surface area contributed by atoms with E-state index in [-0.39, 0.29) is 30.5 Å². The van der Waals surface area contributed by atoms with Crippen LogP contribution in [0, 0.1) is 0 Å². The van der Waals surface area contributed by atoms with Crippen LogP contribution in [-0.4, -0.2) is 36.1 Å². The molecule has 1 aliphatic heterocycles. The predicted octanol–water partition coefficient (Wildman–Crippen LogP) is 4.01. The van der Waals surface area contributed by atoms with Crippen LogP contribution in [-0.2, 0) is 14.0 Å². The predicted molar refractivity (Wildman–Crippen MR) is 95.8 cm³/mol. The van der Waals surface area contributed by atoms with Crippen molar-refractivity contribution in [2.24, 2.45) is 0 Å². The average Bonchev–Trinajstić information content (AvgIpc) is 2.54. The van der Waals surface area contributed by atoms with Gasteiger partial charge in [-0.25, -0.2) is 4.79 Å². The van der Waals surface area contributed by atoms with Crippen LogP contribution in [0.5, 0.6) is 0 Å². The second-order valence-corrected chi connectivity index (χ2v) is 8.84. The topological polar surface area (TPSA) is 56.8 Å². The van der Waals surface area contributed by atoms with Gasteiger partial charge in [0.2, 0.25) is 0 Å². The first-order valence-electron chi connectivity index (χ1n) is 8.94. The van der Waals surface area contributed by atoms with Crippen molar-refractivity contribution in [3.05, 3.63) is 11.5 Å². The fourth-order valence-electron chi connectivity index (χ4n) is 2.88. The van der Waals surface area contributed by atoms with Crippen LogP contribution < -0.4 is 5.32 Å². The minimum absolute atomic E-state index is 0.0970. The lowest BCUT2D eigenvalue weighted by Crippen LogP contribution is -2.41. The van der Waals surface area contributed by atoms with Crippen molar-refractivity contribution < 1.29 is 18.8 Å². The molecular weight excluding hydrogens is 305 g/mol. The van der Waals surface area contributed by atoms with Crippen molar-refractivity contribution in [1.29, 1.82) is 0 Å². The van der Waals surface area contributed by atoms with Gasteiger partial charge in [-0.1, -0.05) is 6.08 Å². The summed E-state index contributed by atoms with van der Waals surface area (Å²) in [5.41, 5.74) is 0.0679. The zero-order valence-corrected chi connectivity index (χ0v) is 16.2. The fourth-order valence-corrected chi connectivity index (χ4v) is 2.88. The number of amides is 1. The second kappa shape index (κ2) is 6.72. The Labute approximate surface area is 146 Å². The molecule has 0 aromatic heterocycles. The normalized spacial score (nSPS) is 26.5. The summed E-state index contributed by atoms with van der Waals surface area (Å²) in [6.45, 7) is 13.9. The molecule has 0 bridgehead atoms. The molecular formula is C18H32BNO4. The summed E-state index contributed by atoms with van der Waals surface area (Å²) in [4.78, 5) is 11.9. The van der Waals surface area contributed by atoms with Gasteiger partial charge in [0.1, 0.15) is 5.60 Å². The SMILES string of the molecule is CC(C)(C)OC(=O)NC1CC=C(B2OC(C)(C)C(C)(C)O2)CCC1. The number of alkyl carbamates (subject to hydrolysis) is 1. The van der Waals surface area contributed by atoms with Crippen LogP contribution in [0.4, 0.5) is 4.79 Å². The lowest BCUT2D eigenvalue weighted by Gasteiger charge is -2.32. The number of allylic oxidation sites excluding steroid dienone is 1. The molecule has 0 spiro atoms. The van der Waals surface area contributed by atoms with E-state index in [4.69, 9.17) is 14.0 Å². The standard InChI is InChI=1S/C18H32BNO4/c1-16(2,3)22-15(21)20-14-10-8-9-13(11-12-14)19-23-17(4,5)18(6,7)24-19/h11,14H,8-10,12H2,1-7H3,(H,20,21). The molecule has 1 saturated heterocycles. The first-order chi connectivity index (χ1) is 10.9. The number of rotatable bonds is 2. The van der Waals surface area contributed by atoms with Crippen LogP contribution in [0.3, 0.4) is 0 Å². The highest BCUT2D eigenvalue weighted by molar-refractivity contribution is 6.54. The quantitative estimate of drug-likeness (QED) is 0.774. The molecule has 5 nitrogen and oxygen atoms in total. The number of carbonyl (C=O) groups is 1. The summed E-state index contributed by atoms with van der Waals surface area (Å²) < 4.78 is 17.6. The van der Waals surface area contributed by atoms with Crippen LogP contribution in [0.15, 0.2) is 11.5 Å². The Bertz CT molecular complexity index is 492. The minimum atomic E-state index is -0.474. The van der Waals surface area contributed by atoms with Gasteiger partial charge >= 0.3 is 13.2 Å². The largest absolute Gasteiger partial charge is 0.490 e. The van der Waals surface area contributed by atoms with Gasteiger partial charge in [-0.15, -0.1) is 0 Å². The van der Waals surface area contributed by atoms with Gasteiger partial charge in [-0.2, -0.15) is 0 Å². The van der Waals surface area contributed by atoms with E-state index in [1.807, 2.05) is 20.8 Å².